The van der Waals surface area contributed by atoms with Crippen LogP contribution in [0.15, 0.2) is 152 Å². The van der Waals surface area contributed by atoms with Gasteiger partial charge in [0.25, 0.3) is 0 Å². The lowest BCUT2D eigenvalue weighted by Gasteiger charge is -2.22. The lowest BCUT2D eigenvalue weighted by atomic mass is 9.81. The quantitative estimate of drug-likeness (QED) is 0.192. The van der Waals surface area contributed by atoms with Gasteiger partial charge < -0.3 is 9.13 Å². The highest BCUT2D eigenvalue weighted by molar-refractivity contribution is 6.10. The van der Waals surface area contributed by atoms with Crippen LogP contribution in [0.1, 0.15) is 30.5 Å². The average molecular weight is 626 g/mol. The second kappa shape index (κ2) is 10.1. The van der Waals surface area contributed by atoms with E-state index < -0.39 is 0 Å². The lowest BCUT2D eigenvalue weighted by Crippen LogP contribution is -2.15. The first-order valence-corrected chi connectivity index (χ1v) is 16.8. The maximum atomic E-state index is 9.67. The number of benzene rings is 7. The van der Waals surface area contributed by atoms with E-state index in [2.05, 4.69) is 175 Å². The molecule has 0 aliphatic heterocycles. The Bertz CT molecular complexity index is 2630. The number of fused-ring (bicyclic) bond motifs is 9. The number of nitrogens with zero attached hydrogens (tertiary/aromatic N) is 3. The maximum Gasteiger partial charge on any atom is 0.0991 e. The Morgan fingerprint density at radius 1 is 0.449 bits per heavy atom. The highest BCUT2D eigenvalue weighted by atomic mass is 15.0. The van der Waals surface area contributed by atoms with Gasteiger partial charge in [-0.05, 0) is 94.0 Å². The van der Waals surface area contributed by atoms with Crippen LogP contribution < -0.4 is 0 Å². The minimum absolute atomic E-state index is 0.229. The minimum Gasteiger partial charge on any atom is -0.309 e. The van der Waals surface area contributed by atoms with E-state index in [1.54, 1.807) is 0 Å². The van der Waals surface area contributed by atoms with Gasteiger partial charge in [0.2, 0.25) is 0 Å². The number of aromatic nitrogens is 2. The van der Waals surface area contributed by atoms with Gasteiger partial charge in [0.1, 0.15) is 0 Å². The van der Waals surface area contributed by atoms with Gasteiger partial charge in [-0.25, -0.2) is 0 Å². The number of nitriles is 1. The van der Waals surface area contributed by atoms with E-state index in [-0.39, 0.29) is 5.41 Å². The molecule has 9 aromatic rings. The van der Waals surface area contributed by atoms with Crippen molar-refractivity contribution in [2.45, 2.75) is 19.3 Å². The molecule has 49 heavy (non-hydrogen) atoms. The van der Waals surface area contributed by atoms with Crippen LogP contribution in [-0.2, 0) is 5.41 Å². The molecule has 0 bridgehead atoms. The molecule has 2 aromatic heterocycles. The molecule has 0 unspecified atom stereocenters. The molecule has 0 radical (unpaired) electrons. The Morgan fingerprint density at radius 2 is 0.878 bits per heavy atom. The molecule has 1 aliphatic carbocycles. The van der Waals surface area contributed by atoms with Crippen molar-refractivity contribution in [1.29, 1.82) is 5.26 Å². The second-order valence-corrected chi connectivity index (χ2v) is 13.7. The van der Waals surface area contributed by atoms with E-state index in [0.29, 0.717) is 5.56 Å². The topological polar surface area (TPSA) is 33.6 Å². The third-order valence-corrected chi connectivity index (χ3v) is 10.7. The van der Waals surface area contributed by atoms with E-state index in [9.17, 15) is 5.26 Å². The molecule has 0 atom stereocenters. The molecular formula is C46H31N3. The van der Waals surface area contributed by atoms with Gasteiger partial charge in [-0.1, -0.05) is 105 Å². The van der Waals surface area contributed by atoms with Crippen molar-refractivity contribution in [3.8, 4) is 39.7 Å². The highest BCUT2D eigenvalue weighted by Gasteiger charge is 2.36. The molecule has 10 rings (SSSR count). The largest absolute Gasteiger partial charge is 0.309 e. The Hall–Kier alpha value is -6.37. The summed E-state index contributed by atoms with van der Waals surface area (Å²) in [6.45, 7) is 4.56. The van der Waals surface area contributed by atoms with E-state index in [1.165, 1.54) is 71.4 Å². The molecule has 7 aromatic carbocycles. The number of hydrogen-bond donors (Lipinski definition) is 0. The summed E-state index contributed by atoms with van der Waals surface area (Å²) < 4.78 is 4.84. The Balaban J connectivity index is 1.27. The van der Waals surface area contributed by atoms with Crippen LogP contribution in [0.3, 0.4) is 0 Å². The standard InChI is InChI=1S/C46H31N3/c1-46(2)40-23-29(28-47)19-21-34(40)35-22-20-30(26-41(35)46)31-24-32(48-42-15-7-3-11-36(42)37-12-4-8-16-43(37)48)27-33(25-31)49-44-17-9-5-13-38(44)39-14-6-10-18-45(39)49/h3-27H,1-2H3. The SMILES string of the molecule is CC1(C)c2cc(C#N)ccc2-c2ccc(-c3cc(-n4c5ccccc5c5ccccc54)cc(-n4c5ccccc5c5ccccc54)c3)cc21. The summed E-state index contributed by atoms with van der Waals surface area (Å²) in [6.07, 6.45) is 0. The molecule has 1 aliphatic rings. The van der Waals surface area contributed by atoms with Crippen LogP contribution in [0, 0.1) is 11.3 Å². The van der Waals surface area contributed by atoms with Crippen molar-refractivity contribution in [2.24, 2.45) is 0 Å². The van der Waals surface area contributed by atoms with E-state index in [4.69, 9.17) is 0 Å². The fraction of sp³-hybridized carbons (Fsp3) is 0.0652. The molecule has 230 valence electrons. The highest BCUT2D eigenvalue weighted by Crippen LogP contribution is 2.50. The summed E-state index contributed by atoms with van der Waals surface area (Å²) in [4.78, 5) is 0. The molecule has 3 heteroatoms. The molecule has 2 heterocycles. The Kier molecular flexibility index (Phi) is 5.69. The van der Waals surface area contributed by atoms with Crippen molar-refractivity contribution in [3.05, 3.63) is 168 Å². The number of rotatable bonds is 3. The first-order valence-electron chi connectivity index (χ1n) is 16.8. The van der Waals surface area contributed by atoms with Gasteiger partial charge in [0, 0.05) is 38.3 Å². The van der Waals surface area contributed by atoms with Gasteiger partial charge in [0.05, 0.1) is 33.7 Å². The van der Waals surface area contributed by atoms with Gasteiger partial charge in [0.15, 0.2) is 0 Å². The van der Waals surface area contributed by atoms with Gasteiger partial charge >= 0.3 is 0 Å². The fourth-order valence-corrected chi connectivity index (χ4v) is 8.41. The van der Waals surface area contributed by atoms with Gasteiger partial charge in [-0.15, -0.1) is 0 Å². The first-order chi connectivity index (χ1) is 24.0. The predicted molar refractivity (Wildman–Crippen MR) is 203 cm³/mol. The van der Waals surface area contributed by atoms with E-state index >= 15 is 0 Å². The molecule has 0 N–H and O–H groups in total. The summed E-state index contributed by atoms with van der Waals surface area (Å²) >= 11 is 0. The normalized spacial score (nSPS) is 13.2. The molecule has 0 fully saturated rings. The minimum atomic E-state index is -0.229. The number of hydrogen-bond acceptors (Lipinski definition) is 1. The van der Waals surface area contributed by atoms with Crippen LogP contribution in [0.25, 0.3) is 77.2 Å². The Labute approximate surface area is 284 Å². The summed E-state index contributed by atoms with van der Waals surface area (Å²) in [5.74, 6) is 0. The van der Waals surface area contributed by atoms with E-state index in [0.717, 1.165) is 16.9 Å². The van der Waals surface area contributed by atoms with Gasteiger partial charge in [-0.2, -0.15) is 5.26 Å². The van der Waals surface area contributed by atoms with Crippen molar-refractivity contribution in [2.75, 3.05) is 0 Å². The van der Waals surface area contributed by atoms with E-state index in [1.807, 2.05) is 6.07 Å². The summed E-state index contributed by atoms with van der Waals surface area (Å²) in [7, 11) is 0. The zero-order valence-electron chi connectivity index (χ0n) is 27.3. The van der Waals surface area contributed by atoms with Crippen LogP contribution in [-0.4, -0.2) is 9.13 Å². The van der Waals surface area contributed by atoms with Crippen LogP contribution >= 0.6 is 0 Å². The van der Waals surface area contributed by atoms with Crippen molar-refractivity contribution in [3.63, 3.8) is 0 Å². The lowest BCUT2D eigenvalue weighted by molar-refractivity contribution is 0.660. The Morgan fingerprint density at radius 3 is 1.35 bits per heavy atom. The van der Waals surface area contributed by atoms with Crippen LogP contribution in [0.5, 0.6) is 0 Å². The smallest absolute Gasteiger partial charge is 0.0991 e. The molecule has 0 saturated heterocycles. The summed E-state index contributed by atoms with van der Waals surface area (Å²) in [6, 6.07) is 57.3. The third-order valence-electron chi connectivity index (χ3n) is 10.7. The maximum absolute atomic E-state index is 9.67. The molecule has 0 amide bonds. The first kappa shape index (κ1) is 27.7. The molecular weight excluding hydrogens is 595 g/mol. The monoisotopic (exact) mass is 625 g/mol. The van der Waals surface area contributed by atoms with Crippen molar-refractivity contribution < 1.29 is 0 Å². The third kappa shape index (κ3) is 3.89. The average Bonchev–Trinajstić information content (AvgIpc) is 3.74. The molecule has 3 nitrogen and oxygen atoms in total. The zero-order valence-corrected chi connectivity index (χ0v) is 27.3. The summed E-state index contributed by atoms with van der Waals surface area (Å²) in [5.41, 5.74) is 14.8. The number of para-hydroxylation sites is 4. The fourth-order valence-electron chi connectivity index (χ4n) is 8.41. The predicted octanol–water partition coefficient (Wildman–Crippen LogP) is 11.7. The zero-order chi connectivity index (χ0) is 32.9. The van der Waals surface area contributed by atoms with Crippen LogP contribution in [0.2, 0.25) is 0 Å². The summed E-state index contributed by atoms with van der Waals surface area (Å²) in [5, 5.41) is 14.7. The molecule has 0 saturated carbocycles. The van der Waals surface area contributed by atoms with Crippen molar-refractivity contribution in [1.82, 2.24) is 9.13 Å². The van der Waals surface area contributed by atoms with Gasteiger partial charge in [-0.3, -0.25) is 0 Å². The second-order valence-electron chi connectivity index (χ2n) is 13.7. The van der Waals surface area contributed by atoms with Crippen molar-refractivity contribution >= 4 is 43.6 Å². The molecule has 0 spiro atoms. The van der Waals surface area contributed by atoms with Crippen LogP contribution in [0.4, 0.5) is 0 Å².